The summed E-state index contributed by atoms with van der Waals surface area (Å²) in [5, 5.41) is 19.3. The molecule has 4 N–H and O–H groups in total. The second-order valence-electron chi connectivity index (χ2n) is 8.92. The zero-order valence-electron chi connectivity index (χ0n) is 18.6. The van der Waals surface area contributed by atoms with E-state index in [2.05, 4.69) is 0 Å². The summed E-state index contributed by atoms with van der Waals surface area (Å²) in [6, 6.07) is 16.8. The number of halogens is 3. The predicted octanol–water partition coefficient (Wildman–Crippen LogP) is 4.37. The van der Waals surface area contributed by atoms with Crippen LogP contribution in [0.2, 0.25) is 0 Å². The second-order valence-corrected chi connectivity index (χ2v) is 8.92. The maximum atomic E-state index is 14.0. The van der Waals surface area contributed by atoms with Gasteiger partial charge in [0.1, 0.15) is 11.3 Å². The molecular formula is C26H28F3NO4. The van der Waals surface area contributed by atoms with Gasteiger partial charge in [0.15, 0.2) is 0 Å². The van der Waals surface area contributed by atoms with Crippen LogP contribution in [0.15, 0.2) is 60.7 Å². The van der Waals surface area contributed by atoms with Gasteiger partial charge in [0.2, 0.25) is 0 Å². The number of fused-ring (bicyclic) bond motifs is 1. The van der Waals surface area contributed by atoms with Gasteiger partial charge >= 0.3 is 6.18 Å². The zero-order chi connectivity index (χ0) is 24.3. The molecule has 1 aliphatic carbocycles. The quantitative estimate of drug-likeness (QED) is 0.428. The Bertz CT molecular complexity index is 1110. The molecule has 5 nitrogen and oxygen atoms in total. The van der Waals surface area contributed by atoms with Crippen LogP contribution in [0.5, 0.6) is 5.75 Å². The van der Waals surface area contributed by atoms with Gasteiger partial charge < -0.3 is 25.4 Å². The minimum Gasteiger partial charge on any atom is -0.490 e. The Morgan fingerprint density at radius 1 is 0.941 bits per heavy atom. The summed E-state index contributed by atoms with van der Waals surface area (Å²) in [6.45, 7) is -0.0389. The Labute approximate surface area is 195 Å². The van der Waals surface area contributed by atoms with Crippen molar-refractivity contribution >= 4 is 10.8 Å². The van der Waals surface area contributed by atoms with Gasteiger partial charge in [-0.1, -0.05) is 48.5 Å². The second kappa shape index (κ2) is 9.92. The normalized spacial score (nSPS) is 18.6. The molecule has 0 aliphatic heterocycles. The molecule has 3 aromatic rings. The van der Waals surface area contributed by atoms with Crippen LogP contribution >= 0.6 is 0 Å². The molecule has 0 amide bonds. The van der Waals surface area contributed by atoms with Crippen molar-refractivity contribution in [2.45, 2.75) is 37.3 Å². The molecule has 0 unspecified atom stereocenters. The molecule has 182 valence electrons. The molecule has 1 aliphatic rings. The first-order valence-corrected chi connectivity index (χ1v) is 11.2. The third-order valence-corrected chi connectivity index (χ3v) is 6.36. The maximum Gasteiger partial charge on any atom is 0.420 e. The van der Waals surface area contributed by atoms with Gasteiger partial charge in [0, 0.05) is 0 Å². The number of aliphatic hydroxyl groups is 2. The first-order valence-electron chi connectivity index (χ1n) is 11.2. The molecule has 0 atom stereocenters. The van der Waals surface area contributed by atoms with Crippen molar-refractivity contribution in [2.75, 3.05) is 19.8 Å². The van der Waals surface area contributed by atoms with E-state index in [1.54, 1.807) is 0 Å². The van der Waals surface area contributed by atoms with Gasteiger partial charge in [0.25, 0.3) is 0 Å². The van der Waals surface area contributed by atoms with E-state index in [1.807, 2.05) is 30.3 Å². The lowest BCUT2D eigenvalue weighted by molar-refractivity contribution is -0.138. The van der Waals surface area contributed by atoms with Gasteiger partial charge in [-0.15, -0.1) is 0 Å². The van der Waals surface area contributed by atoms with E-state index in [1.165, 1.54) is 30.3 Å². The lowest BCUT2D eigenvalue weighted by Gasteiger charge is -2.36. The monoisotopic (exact) mass is 475 g/mol. The van der Waals surface area contributed by atoms with Gasteiger partial charge in [-0.2, -0.15) is 13.2 Å². The molecule has 0 aromatic heterocycles. The first-order chi connectivity index (χ1) is 16.2. The fraction of sp³-hybridized carbons (Fsp3) is 0.385. The summed E-state index contributed by atoms with van der Waals surface area (Å²) in [6.07, 6.45) is -3.66. The summed E-state index contributed by atoms with van der Waals surface area (Å²) in [4.78, 5) is 0. The number of aliphatic hydroxyl groups excluding tert-OH is 2. The van der Waals surface area contributed by atoms with E-state index in [0.29, 0.717) is 37.0 Å². The minimum atomic E-state index is -4.62. The van der Waals surface area contributed by atoms with Crippen molar-refractivity contribution in [2.24, 2.45) is 11.7 Å². The van der Waals surface area contributed by atoms with Crippen LogP contribution in [0.4, 0.5) is 13.2 Å². The van der Waals surface area contributed by atoms with Crippen molar-refractivity contribution in [1.82, 2.24) is 0 Å². The van der Waals surface area contributed by atoms with Crippen LogP contribution in [0.25, 0.3) is 10.8 Å². The van der Waals surface area contributed by atoms with Gasteiger partial charge in [-0.25, -0.2) is 0 Å². The van der Waals surface area contributed by atoms with E-state index in [0.717, 1.165) is 5.56 Å². The van der Waals surface area contributed by atoms with Crippen molar-refractivity contribution in [1.29, 1.82) is 0 Å². The molecule has 3 aromatic carbocycles. The molecule has 0 saturated heterocycles. The summed E-state index contributed by atoms with van der Waals surface area (Å²) in [7, 11) is 0. The fourth-order valence-corrected chi connectivity index (χ4v) is 4.25. The van der Waals surface area contributed by atoms with Crippen molar-refractivity contribution < 1.29 is 32.9 Å². The molecule has 0 radical (unpaired) electrons. The highest BCUT2D eigenvalue weighted by molar-refractivity contribution is 5.89. The standard InChI is InChI=1S/C26H28F3NO4/c27-26(28,29)24-22-8-7-20(25(30,15-31)16-32)12-19(22)6-9-23(24)34-21-10-18(11-21)14-33-13-17-4-2-1-3-5-17/h1-9,12,18,21,31-32H,10-11,13-16,30H2/t18-,21-. The summed E-state index contributed by atoms with van der Waals surface area (Å²) in [5.41, 5.74) is 5.13. The molecule has 1 fully saturated rings. The highest BCUT2D eigenvalue weighted by atomic mass is 19.4. The lowest BCUT2D eigenvalue weighted by Crippen LogP contribution is -2.44. The lowest BCUT2D eigenvalue weighted by atomic mass is 9.83. The SMILES string of the molecule is NC(CO)(CO)c1ccc2c(C(F)(F)F)c(O[C@H]3C[C@H](COCc4ccccc4)C3)ccc2c1. The third kappa shape index (κ3) is 5.20. The van der Waals surface area contributed by atoms with E-state index in [4.69, 9.17) is 15.2 Å². The summed E-state index contributed by atoms with van der Waals surface area (Å²) >= 11 is 0. The number of ether oxygens (including phenoxy) is 2. The Balaban J connectivity index is 1.45. The van der Waals surface area contributed by atoms with Crippen molar-refractivity contribution in [3.63, 3.8) is 0 Å². The largest absolute Gasteiger partial charge is 0.490 e. The van der Waals surface area contributed by atoms with Crippen molar-refractivity contribution in [3.05, 3.63) is 77.4 Å². The number of rotatable bonds is 9. The highest BCUT2D eigenvalue weighted by Gasteiger charge is 2.39. The predicted molar refractivity (Wildman–Crippen MR) is 122 cm³/mol. The first kappa shape index (κ1) is 24.5. The number of alkyl halides is 3. The summed E-state index contributed by atoms with van der Waals surface area (Å²) in [5.74, 6) is 0.0467. The Morgan fingerprint density at radius 3 is 2.29 bits per heavy atom. The molecule has 0 bridgehead atoms. The topological polar surface area (TPSA) is 84.9 Å². The number of hydrogen-bond acceptors (Lipinski definition) is 5. The van der Waals surface area contributed by atoms with Crippen LogP contribution in [-0.2, 0) is 23.1 Å². The zero-order valence-corrected chi connectivity index (χ0v) is 18.6. The van der Waals surface area contributed by atoms with Gasteiger partial charge in [-0.05, 0) is 52.8 Å². The molecule has 0 heterocycles. The van der Waals surface area contributed by atoms with Crippen LogP contribution < -0.4 is 10.5 Å². The Kier molecular flexibility index (Phi) is 7.14. The minimum absolute atomic E-state index is 0.0194. The fourth-order valence-electron chi connectivity index (χ4n) is 4.25. The van der Waals surface area contributed by atoms with Gasteiger partial charge in [0.05, 0.1) is 38.1 Å². The van der Waals surface area contributed by atoms with E-state index in [9.17, 15) is 23.4 Å². The van der Waals surface area contributed by atoms with Crippen LogP contribution in [0, 0.1) is 5.92 Å². The average Bonchev–Trinajstić information content (AvgIpc) is 2.81. The van der Waals surface area contributed by atoms with Crippen LogP contribution in [-0.4, -0.2) is 36.1 Å². The van der Waals surface area contributed by atoms with Gasteiger partial charge in [-0.3, -0.25) is 0 Å². The smallest absolute Gasteiger partial charge is 0.420 e. The van der Waals surface area contributed by atoms with Crippen LogP contribution in [0.3, 0.4) is 0 Å². The molecular weight excluding hydrogens is 447 g/mol. The van der Waals surface area contributed by atoms with E-state index < -0.39 is 30.5 Å². The third-order valence-electron chi connectivity index (χ3n) is 6.36. The van der Waals surface area contributed by atoms with Crippen molar-refractivity contribution in [3.8, 4) is 5.75 Å². The highest BCUT2D eigenvalue weighted by Crippen LogP contribution is 2.44. The maximum absolute atomic E-state index is 14.0. The molecule has 8 heteroatoms. The number of nitrogens with two attached hydrogens (primary N) is 1. The molecule has 0 spiro atoms. The average molecular weight is 476 g/mol. The van der Waals surface area contributed by atoms with E-state index >= 15 is 0 Å². The molecule has 4 rings (SSSR count). The molecule has 34 heavy (non-hydrogen) atoms. The molecule has 1 saturated carbocycles. The number of benzene rings is 3. The Morgan fingerprint density at radius 2 is 1.65 bits per heavy atom. The number of hydrogen-bond donors (Lipinski definition) is 3. The van der Waals surface area contributed by atoms with Crippen LogP contribution in [0.1, 0.15) is 29.5 Å². The Hall–Kier alpha value is -2.65. The van der Waals surface area contributed by atoms with E-state index in [-0.39, 0.29) is 23.2 Å². The summed E-state index contributed by atoms with van der Waals surface area (Å²) < 4.78 is 53.6.